The van der Waals surface area contributed by atoms with Gasteiger partial charge in [0.15, 0.2) is 0 Å². The first-order valence-corrected chi connectivity index (χ1v) is 8.63. The lowest BCUT2D eigenvalue weighted by molar-refractivity contribution is 0.0946. The molecule has 1 atom stereocenters. The highest BCUT2D eigenvalue weighted by atomic mass is 32.1. The second-order valence-electron chi connectivity index (χ2n) is 5.71. The summed E-state index contributed by atoms with van der Waals surface area (Å²) >= 11 is 1.41. The number of thiazole rings is 1. The molecule has 0 bridgehead atoms. The predicted octanol–water partition coefficient (Wildman–Crippen LogP) is 2.80. The smallest absolute Gasteiger partial charge is 0.271 e. The van der Waals surface area contributed by atoms with E-state index in [9.17, 15) is 4.79 Å². The molecule has 1 fully saturated rings. The Hall–Kier alpha value is -1.92. The Morgan fingerprint density at radius 3 is 3.17 bits per heavy atom. The van der Waals surface area contributed by atoms with Crippen molar-refractivity contribution in [2.45, 2.75) is 19.9 Å². The molecule has 1 saturated heterocycles. The summed E-state index contributed by atoms with van der Waals surface area (Å²) in [6.07, 6.45) is 1.04. The maximum absolute atomic E-state index is 12.0. The fourth-order valence-corrected chi connectivity index (χ4v) is 2.99. The van der Waals surface area contributed by atoms with Gasteiger partial charge < -0.3 is 14.8 Å². The van der Waals surface area contributed by atoms with E-state index in [0.29, 0.717) is 24.8 Å². The molecule has 1 amide bonds. The molecule has 6 heteroatoms. The molecular weight excluding hydrogens is 312 g/mol. The molecule has 1 aromatic carbocycles. The van der Waals surface area contributed by atoms with Crippen LogP contribution >= 0.6 is 11.3 Å². The van der Waals surface area contributed by atoms with Gasteiger partial charge in [-0.3, -0.25) is 4.79 Å². The summed E-state index contributed by atoms with van der Waals surface area (Å²) in [5.74, 6) is 1.12. The average molecular weight is 332 g/mol. The van der Waals surface area contributed by atoms with Gasteiger partial charge in [0, 0.05) is 30.0 Å². The first-order chi connectivity index (χ1) is 11.2. The molecule has 0 saturated carbocycles. The standard InChI is InChI=1S/C17H20N2O3S/c1-12-2-3-14(7-18-17(20)15-10-23-11-19-15)16(6-12)22-9-13-4-5-21-8-13/h2-3,6,10-11,13H,4-5,7-9H2,1H3,(H,18,20)/t13-/m1/s1. The van der Waals surface area contributed by atoms with E-state index in [4.69, 9.17) is 9.47 Å². The van der Waals surface area contributed by atoms with Crippen molar-refractivity contribution >= 4 is 17.2 Å². The molecule has 0 aliphatic carbocycles. The van der Waals surface area contributed by atoms with Crippen LogP contribution in [0.3, 0.4) is 0 Å². The Labute approximate surface area is 139 Å². The highest BCUT2D eigenvalue weighted by Gasteiger charge is 2.17. The number of amides is 1. The van der Waals surface area contributed by atoms with Crippen LogP contribution in [0.4, 0.5) is 0 Å². The van der Waals surface area contributed by atoms with Gasteiger partial charge >= 0.3 is 0 Å². The van der Waals surface area contributed by atoms with E-state index in [1.54, 1.807) is 10.9 Å². The number of benzene rings is 1. The molecule has 0 spiro atoms. The number of nitrogens with one attached hydrogen (secondary N) is 1. The maximum Gasteiger partial charge on any atom is 0.271 e. The highest BCUT2D eigenvalue weighted by molar-refractivity contribution is 7.07. The molecule has 23 heavy (non-hydrogen) atoms. The van der Waals surface area contributed by atoms with Gasteiger partial charge in [0.2, 0.25) is 0 Å². The Balaban J connectivity index is 1.62. The van der Waals surface area contributed by atoms with E-state index in [1.165, 1.54) is 11.3 Å². The lowest BCUT2D eigenvalue weighted by atomic mass is 10.1. The molecule has 1 aliphatic heterocycles. The van der Waals surface area contributed by atoms with Crippen molar-refractivity contribution in [2.75, 3.05) is 19.8 Å². The number of ether oxygens (including phenoxy) is 2. The number of carbonyl (C=O) groups is 1. The highest BCUT2D eigenvalue weighted by Crippen LogP contribution is 2.22. The third-order valence-electron chi connectivity index (χ3n) is 3.83. The number of carbonyl (C=O) groups excluding carboxylic acids is 1. The molecule has 1 aliphatic rings. The summed E-state index contributed by atoms with van der Waals surface area (Å²) in [4.78, 5) is 16.0. The third-order valence-corrected chi connectivity index (χ3v) is 4.41. The van der Waals surface area contributed by atoms with E-state index in [0.717, 1.165) is 36.5 Å². The minimum absolute atomic E-state index is 0.165. The SMILES string of the molecule is Cc1ccc(CNC(=O)c2cscn2)c(OC[C@@H]2CCOC2)c1. The van der Waals surface area contributed by atoms with Gasteiger partial charge in [0.25, 0.3) is 5.91 Å². The Morgan fingerprint density at radius 2 is 2.43 bits per heavy atom. The zero-order valence-electron chi connectivity index (χ0n) is 13.1. The van der Waals surface area contributed by atoms with Crippen LogP contribution in [0.2, 0.25) is 0 Å². The second kappa shape index (κ2) is 7.57. The van der Waals surface area contributed by atoms with Crippen LogP contribution in [0.25, 0.3) is 0 Å². The Bertz CT molecular complexity index is 652. The fraction of sp³-hybridized carbons (Fsp3) is 0.412. The van der Waals surface area contributed by atoms with Gasteiger partial charge in [0.1, 0.15) is 11.4 Å². The van der Waals surface area contributed by atoms with Gasteiger partial charge in [-0.15, -0.1) is 11.3 Å². The fourth-order valence-electron chi connectivity index (χ4n) is 2.46. The summed E-state index contributed by atoms with van der Waals surface area (Å²) < 4.78 is 11.4. The molecule has 1 N–H and O–H groups in total. The quantitative estimate of drug-likeness (QED) is 0.884. The van der Waals surface area contributed by atoms with Crippen LogP contribution in [-0.2, 0) is 11.3 Å². The number of aromatic nitrogens is 1. The molecule has 2 aromatic rings. The van der Waals surface area contributed by atoms with Gasteiger partial charge in [-0.2, -0.15) is 0 Å². The number of hydrogen-bond donors (Lipinski definition) is 1. The van der Waals surface area contributed by atoms with Crippen molar-refractivity contribution in [3.63, 3.8) is 0 Å². The minimum atomic E-state index is -0.165. The first kappa shape index (κ1) is 16.0. The van der Waals surface area contributed by atoms with Crippen LogP contribution in [-0.4, -0.2) is 30.7 Å². The van der Waals surface area contributed by atoms with Crippen molar-refractivity contribution in [2.24, 2.45) is 5.92 Å². The third kappa shape index (κ3) is 4.30. The molecule has 2 heterocycles. The van der Waals surface area contributed by atoms with Gasteiger partial charge in [0.05, 0.1) is 18.7 Å². The molecule has 3 rings (SSSR count). The molecule has 1 aromatic heterocycles. The van der Waals surface area contributed by atoms with E-state index in [1.807, 2.05) is 25.1 Å². The molecule has 5 nitrogen and oxygen atoms in total. The van der Waals surface area contributed by atoms with Crippen molar-refractivity contribution in [1.82, 2.24) is 10.3 Å². The summed E-state index contributed by atoms with van der Waals surface area (Å²) in [6, 6.07) is 6.03. The van der Waals surface area contributed by atoms with Crippen LogP contribution in [0.15, 0.2) is 29.1 Å². The van der Waals surface area contributed by atoms with E-state index >= 15 is 0 Å². The van der Waals surface area contributed by atoms with Crippen molar-refractivity contribution in [3.05, 3.63) is 45.9 Å². The number of aryl methyl sites for hydroxylation is 1. The van der Waals surface area contributed by atoms with Crippen LogP contribution in [0.1, 0.15) is 28.0 Å². The molecular formula is C17H20N2O3S. The second-order valence-corrected chi connectivity index (χ2v) is 6.43. The Kier molecular flexibility index (Phi) is 5.25. The molecule has 0 unspecified atom stereocenters. The first-order valence-electron chi connectivity index (χ1n) is 7.69. The van der Waals surface area contributed by atoms with Crippen molar-refractivity contribution in [1.29, 1.82) is 0 Å². The summed E-state index contributed by atoms with van der Waals surface area (Å²) in [7, 11) is 0. The monoisotopic (exact) mass is 332 g/mol. The topological polar surface area (TPSA) is 60.5 Å². The zero-order valence-corrected chi connectivity index (χ0v) is 13.9. The predicted molar refractivity (Wildman–Crippen MR) is 88.9 cm³/mol. The summed E-state index contributed by atoms with van der Waals surface area (Å²) in [5, 5.41) is 4.63. The normalized spacial score (nSPS) is 17.2. The van der Waals surface area contributed by atoms with E-state index in [-0.39, 0.29) is 5.91 Å². The van der Waals surface area contributed by atoms with Crippen LogP contribution in [0.5, 0.6) is 5.75 Å². The van der Waals surface area contributed by atoms with Gasteiger partial charge in [-0.05, 0) is 25.0 Å². The van der Waals surface area contributed by atoms with E-state index < -0.39 is 0 Å². The van der Waals surface area contributed by atoms with E-state index in [2.05, 4.69) is 10.3 Å². The van der Waals surface area contributed by atoms with Gasteiger partial charge in [-0.1, -0.05) is 12.1 Å². The van der Waals surface area contributed by atoms with Crippen molar-refractivity contribution < 1.29 is 14.3 Å². The number of rotatable bonds is 6. The van der Waals surface area contributed by atoms with Gasteiger partial charge in [-0.25, -0.2) is 4.98 Å². The maximum atomic E-state index is 12.0. The number of hydrogen-bond acceptors (Lipinski definition) is 5. The zero-order chi connectivity index (χ0) is 16.1. The Morgan fingerprint density at radius 1 is 1.52 bits per heavy atom. The molecule has 122 valence electrons. The largest absolute Gasteiger partial charge is 0.493 e. The average Bonchev–Trinajstić information content (AvgIpc) is 3.25. The lowest BCUT2D eigenvalue weighted by Gasteiger charge is -2.15. The van der Waals surface area contributed by atoms with Crippen LogP contribution < -0.4 is 10.1 Å². The summed E-state index contributed by atoms with van der Waals surface area (Å²) in [5.41, 5.74) is 4.21. The summed E-state index contributed by atoms with van der Waals surface area (Å²) in [6.45, 7) is 4.69. The molecule has 0 radical (unpaired) electrons. The number of nitrogens with zero attached hydrogens (tertiary/aromatic N) is 1. The lowest BCUT2D eigenvalue weighted by Crippen LogP contribution is -2.23. The minimum Gasteiger partial charge on any atom is -0.493 e. The van der Waals surface area contributed by atoms with Crippen molar-refractivity contribution in [3.8, 4) is 5.75 Å². The van der Waals surface area contributed by atoms with Crippen LogP contribution in [0, 0.1) is 12.8 Å².